The van der Waals surface area contributed by atoms with Gasteiger partial charge in [-0.2, -0.15) is 0 Å². The van der Waals surface area contributed by atoms with Crippen molar-refractivity contribution < 1.29 is 25.2 Å². The Morgan fingerprint density at radius 2 is 1.79 bits per heavy atom. The van der Waals surface area contributed by atoms with Crippen molar-refractivity contribution in [2.45, 2.75) is 85.4 Å². The Bertz CT molecular complexity index is 1080. The van der Waals surface area contributed by atoms with E-state index in [1.165, 1.54) is 27.8 Å². The first-order chi connectivity index (χ1) is 15.9. The molecule has 5 heteroatoms. The van der Waals surface area contributed by atoms with Crippen LogP contribution in [0.2, 0.25) is 0 Å². The lowest BCUT2D eigenvalue weighted by Gasteiger charge is -2.69. The van der Waals surface area contributed by atoms with Crippen LogP contribution in [-0.2, 0) is 11.2 Å². The molecule has 0 spiro atoms. The van der Waals surface area contributed by atoms with Crippen molar-refractivity contribution in [1.29, 1.82) is 0 Å². The third kappa shape index (κ3) is 2.64. The number of aliphatic hydroxyl groups is 3. The monoisotopic (exact) mass is 468 g/mol. The molecule has 5 rings (SSSR count). The predicted molar refractivity (Wildman–Crippen MR) is 131 cm³/mol. The van der Waals surface area contributed by atoms with Gasteiger partial charge in [-0.3, -0.25) is 4.79 Å². The summed E-state index contributed by atoms with van der Waals surface area (Å²) in [6.07, 6.45) is 4.44. The first kappa shape index (κ1) is 24.0. The Kier molecular flexibility index (Phi) is 5.23. The van der Waals surface area contributed by atoms with Gasteiger partial charge in [-0.15, -0.1) is 0 Å². The van der Waals surface area contributed by atoms with Crippen LogP contribution in [0.4, 0.5) is 0 Å². The Morgan fingerprint density at radius 3 is 2.44 bits per heavy atom. The van der Waals surface area contributed by atoms with Crippen LogP contribution in [0.15, 0.2) is 18.2 Å². The maximum absolute atomic E-state index is 12.5. The van der Waals surface area contributed by atoms with Gasteiger partial charge in [-0.05, 0) is 110 Å². The van der Waals surface area contributed by atoms with Crippen LogP contribution in [0, 0.1) is 47.3 Å². The molecule has 0 aliphatic heterocycles. The maximum atomic E-state index is 12.5. The van der Waals surface area contributed by atoms with Crippen molar-refractivity contribution in [2.75, 3.05) is 6.61 Å². The van der Waals surface area contributed by atoms with E-state index in [0.29, 0.717) is 12.8 Å². The Morgan fingerprint density at radius 1 is 1.09 bits per heavy atom. The molecule has 186 valence electrons. The molecule has 2 saturated carbocycles. The average molecular weight is 469 g/mol. The molecule has 4 N–H and O–H groups in total. The van der Waals surface area contributed by atoms with E-state index in [1.54, 1.807) is 6.92 Å². The standard InChI is InChI=1S/C29H40O5/c1-16-6-7-18-10-13-29(15-30)19(23(18)17(16)2)8-9-21-26(3)14-20(31)24(32)28(5,25(33)34)22(26)11-12-27(21,29)4/h6-8,20-22,24,30-32H,9-15H2,1-5H3,(H,33,34). The molecule has 0 bridgehead atoms. The minimum Gasteiger partial charge on any atom is -0.481 e. The quantitative estimate of drug-likeness (QED) is 0.520. The minimum absolute atomic E-state index is 0.0702. The van der Waals surface area contributed by atoms with Crippen LogP contribution in [-0.4, -0.2) is 45.2 Å². The molecule has 0 heterocycles. The van der Waals surface area contributed by atoms with Crippen molar-refractivity contribution in [3.8, 4) is 0 Å². The zero-order valence-electron chi connectivity index (χ0n) is 21.2. The number of hydrogen-bond donors (Lipinski definition) is 4. The summed E-state index contributed by atoms with van der Waals surface area (Å²) < 4.78 is 0. The summed E-state index contributed by atoms with van der Waals surface area (Å²) in [5, 5.41) is 43.1. The van der Waals surface area contributed by atoms with Gasteiger partial charge in [0.25, 0.3) is 0 Å². The number of fused-ring (bicyclic) bond motifs is 7. The molecular formula is C29H40O5. The lowest BCUT2D eigenvalue weighted by molar-refractivity contribution is -0.237. The number of rotatable bonds is 2. The molecule has 0 saturated heterocycles. The van der Waals surface area contributed by atoms with Gasteiger partial charge in [-0.25, -0.2) is 0 Å². The summed E-state index contributed by atoms with van der Waals surface area (Å²) in [7, 11) is 0. The van der Waals surface area contributed by atoms with E-state index < -0.39 is 34.4 Å². The Labute approximate surface area is 202 Å². The molecule has 0 amide bonds. The van der Waals surface area contributed by atoms with E-state index in [0.717, 1.165) is 25.7 Å². The number of carboxylic acid groups (broad SMARTS) is 1. The van der Waals surface area contributed by atoms with Gasteiger partial charge in [0.1, 0.15) is 0 Å². The second-order valence-corrected chi connectivity index (χ2v) is 12.5. The third-order valence-corrected chi connectivity index (χ3v) is 11.5. The van der Waals surface area contributed by atoms with Crippen molar-refractivity contribution in [2.24, 2.45) is 33.5 Å². The van der Waals surface area contributed by atoms with Crippen LogP contribution in [0.25, 0.3) is 5.57 Å². The summed E-state index contributed by atoms with van der Waals surface area (Å²) in [4.78, 5) is 12.5. The highest BCUT2D eigenvalue weighted by molar-refractivity contribution is 5.80. The maximum Gasteiger partial charge on any atom is 0.312 e. The molecule has 8 unspecified atom stereocenters. The second-order valence-electron chi connectivity index (χ2n) is 12.5. The van der Waals surface area contributed by atoms with Gasteiger partial charge in [0.2, 0.25) is 0 Å². The molecule has 0 radical (unpaired) electrons. The molecule has 4 aliphatic rings. The number of aliphatic carboxylic acids is 1. The van der Waals surface area contributed by atoms with Crippen molar-refractivity contribution in [3.05, 3.63) is 40.5 Å². The topological polar surface area (TPSA) is 98.0 Å². The molecule has 8 atom stereocenters. The van der Waals surface area contributed by atoms with E-state index in [-0.39, 0.29) is 23.9 Å². The average Bonchev–Trinajstić information content (AvgIpc) is 2.79. The van der Waals surface area contributed by atoms with Crippen molar-refractivity contribution in [1.82, 2.24) is 0 Å². The first-order valence-electron chi connectivity index (χ1n) is 12.9. The van der Waals surface area contributed by atoms with Crippen LogP contribution in [0.1, 0.15) is 75.1 Å². The third-order valence-electron chi connectivity index (χ3n) is 11.5. The zero-order chi connectivity index (χ0) is 24.8. The van der Waals surface area contributed by atoms with Crippen molar-refractivity contribution in [3.63, 3.8) is 0 Å². The summed E-state index contributed by atoms with van der Waals surface area (Å²) in [6.45, 7) is 10.5. The number of hydrogen-bond acceptors (Lipinski definition) is 4. The van der Waals surface area contributed by atoms with Gasteiger partial charge >= 0.3 is 5.97 Å². The fourth-order valence-corrected chi connectivity index (χ4v) is 9.38. The Hall–Kier alpha value is -1.69. The van der Waals surface area contributed by atoms with E-state index in [9.17, 15) is 25.2 Å². The fourth-order valence-electron chi connectivity index (χ4n) is 9.38. The largest absolute Gasteiger partial charge is 0.481 e. The summed E-state index contributed by atoms with van der Waals surface area (Å²) in [5.41, 5.74) is 4.02. The summed E-state index contributed by atoms with van der Waals surface area (Å²) in [5.74, 6) is -1.15. The predicted octanol–water partition coefficient (Wildman–Crippen LogP) is 4.27. The smallest absolute Gasteiger partial charge is 0.312 e. The number of benzene rings is 1. The highest BCUT2D eigenvalue weighted by Crippen LogP contribution is 2.73. The number of aliphatic hydroxyl groups excluding tert-OH is 3. The fraction of sp³-hybridized carbons (Fsp3) is 0.690. The molecule has 2 fully saturated rings. The number of carboxylic acids is 1. The highest BCUT2D eigenvalue weighted by Gasteiger charge is 2.70. The number of aryl methyl sites for hydroxylation is 2. The van der Waals surface area contributed by atoms with Gasteiger partial charge in [0.05, 0.1) is 24.2 Å². The first-order valence-corrected chi connectivity index (χ1v) is 12.9. The van der Waals surface area contributed by atoms with Crippen LogP contribution in [0.3, 0.4) is 0 Å². The molecular weight excluding hydrogens is 428 g/mol. The van der Waals surface area contributed by atoms with Gasteiger partial charge < -0.3 is 20.4 Å². The van der Waals surface area contributed by atoms with Gasteiger partial charge in [0.15, 0.2) is 0 Å². The molecule has 5 nitrogen and oxygen atoms in total. The van der Waals surface area contributed by atoms with E-state index in [4.69, 9.17) is 0 Å². The van der Waals surface area contributed by atoms with Crippen molar-refractivity contribution >= 4 is 11.5 Å². The minimum atomic E-state index is -1.39. The van der Waals surface area contributed by atoms with Crippen LogP contribution < -0.4 is 0 Å². The van der Waals surface area contributed by atoms with Gasteiger partial charge in [0, 0.05) is 5.41 Å². The summed E-state index contributed by atoms with van der Waals surface area (Å²) in [6, 6.07) is 4.44. The number of allylic oxidation sites excluding steroid dienone is 1. The van der Waals surface area contributed by atoms with E-state index >= 15 is 0 Å². The lowest BCUT2D eigenvalue weighted by Crippen LogP contribution is -2.68. The van der Waals surface area contributed by atoms with Gasteiger partial charge in [-0.1, -0.05) is 32.1 Å². The van der Waals surface area contributed by atoms with Crippen LogP contribution in [0.5, 0.6) is 0 Å². The molecule has 34 heavy (non-hydrogen) atoms. The molecule has 0 aromatic heterocycles. The molecule has 4 aliphatic carbocycles. The number of carbonyl (C=O) groups is 1. The lowest BCUT2D eigenvalue weighted by atomic mass is 9.35. The highest BCUT2D eigenvalue weighted by atomic mass is 16.4. The van der Waals surface area contributed by atoms with E-state index in [1.807, 2.05) is 0 Å². The Balaban J connectivity index is 1.69. The SMILES string of the molecule is Cc1ccc2c(c1C)C1=CCC3C4(C)CC(O)C(O)C(C)(C(=O)O)C4CCC3(C)C1(CO)CC2. The zero-order valence-corrected chi connectivity index (χ0v) is 21.2. The molecule has 1 aromatic rings. The molecule has 1 aromatic carbocycles. The summed E-state index contributed by atoms with van der Waals surface area (Å²) >= 11 is 0. The van der Waals surface area contributed by atoms with Crippen LogP contribution >= 0.6 is 0 Å². The second kappa shape index (κ2) is 7.41. The normalized spacial score (nSPS) is 45.4. The van der Waals surface area contributed by atoms with E-state index in [2.05, 4.69) is 45.9 Å².